The van der Waals surface area contributed by atoms with Gasteiger partial charge >= 0.3 is 0 Å². The zero-order chi connectivity index (χ0) is 20.6. The third-order valence-electron chi connectivity index (χ3n) is 8.48. The minimum atomic E-state index is -0.293. The molecule has 2 fully saturated rings. The molecule has 2 saturated carbocycles. The van der Waals surface area contributed by atoms with E-state index in [1.54, 1.807) is 0 Å². The molecule has 5 atom stereocenters. The lowest BCUT2D eigenvalue weighted by molar-refractivity contribution is -0.0140. The van der Waals surface area contributed by atoms with Gasteiger partial charge in [0.1, 0.15) is 0 Å². The van der Waals surface area contributed by atoms with Gasteiger partial charge in [-0.3, -0.25) is 0 Å². The van der Waals surface area contributed by atoms with Crippen LogP contribution in [0.15, 0.2) is 0 Å². The Bertz CT molecular complexity index is 419. The molecule has 0 aromatic rings. The summed E-state index contributed by atoms with van der Waals surface area (Å²) in [5.41, 5.74) is -0.293. The van der Waals surface area contributed by atoms with Gasteiger partial charge in [-0.2, -0.15) is 12.6 Å². The highest BCUT2D eigenvalue weighted by molar-refractivity contribution is 7.80. The smallest absolute Gasteiger partial charge is 0.0708 e. The van der Waals surface area contributed by atoms with E-state index in [1.807, 2.05) is 0 Å². The van der Waals surface area contributed by atoms with Gasteiger partial charge in [-0.15, -0.1) is 0 Å². The highest BCUT2D eigenvalue weighted by atomic mass is 32.1. The van der Waals surface area contributed by atoms with Gasteiger partial charge in [0, 0.05) is 0 Å². The van der Waals surface area contributed by atoms with E-state index in [0.29, 0.717) is 11.8 Å². The lowest BCUT2D eigenvalue weighted by atomic mass is 9.62. The molecule has 2 aliphatic rings. The van der Waals surface area contributed by atoms with Crippen molar-refractivity contribution in [3.8, 4) is 0 Å². The molecule has 2 rings (SSSR count). The van der Waals surface area contributed by atoms with Crippen LogP contribution in [0.25, 0.3) is 0 Å². The SMILES string of the molecule is CCCC1CC1(O)C(C)C1CC(C(C)CCCCCCC(C)CCCCS)C1. The van der Waals surface area contributed by atoms with E-state index in [9.17, 15) is 5.11 Å². The first-order valence-corrected chi connectivity index (χ1v) is 13.4. The number of hydrogen-bond donors (Lipinski definition) is 2. The van der Waals surface area contributed by atoms with Gasteiger partial charge in [0.15, 0.2) is 0 Å². The Hall–Kier alpha value is 0.310. The Morgan fingerprint density at radius 3 is 2.11 bits per heavy atom. The van der Waals surface area contributed by atoms with Crippen molar-refractivity contribution in [2.24, 2.45) is 35.5 Å². The molecular weight excluding hydrogens is 360 g/mol. The molecule has 0 heterocycles. The van der Waals surface area contributed by atoms with E-state index in [4.69, 9.17) is 0 Å². The fraction of sp³-hybridized carbons (Fsp3) is 1.00. The normalized spacial score (nSPS) is 32.6. The third kappa shape index (κ3) is 7.22. The average molecular weight is 411 g/mol. The predicted molar refractivity (Wildman–Crippen MR) is 127 cm³/mol. The van der Waals surface area contributed by atoms with Crippen LogP contribution in [0.3, 0.4) is 0 Å². The molecule has 0 amide bonds. The minimum absolute atomic E-state index is 0.293. The third-order valence-corrected chi connectivity index (χ3v) is 8.80. The zero-order valence-corrected chi connectivity index (χ0v) is 20.4. The van der Waals surface area contributed by atoms with Crippen LogP contribution < -0.4 is 0 Å². The molecule has 0 spiro atoms. The predicted octanol–water partition coefficient (Wildman–Crippen LogP) is 7.91. The van der Waals surface area contributed by atoms with Crippen molar-refractivity contribution < 1.29 is 5.11 Å². The Morgan fingerprint density at radius 1 is 0.893 bits per heavy atom. The summed E-state index contributed by atoms with van der Waals surface area (Å²) in [7, 11) is 0. The highest BCUT2D eigenvalue weighted by Gasteiger charge is 2.58. The minimum Gasteiger partial charge on any atom is -0.389 e. The second-order valence-corrected chi connectivity index (χ2v) is 11.2. The van der Waals surface area contributed by atoms with Crippen molar-refractivity contribution in [1.29, 1.82) is 0 Å². The number of thiol groups is 1. The molecule has 2 heteroatoms. The van der Waals surface area contributed by atoms with Gasteiger partial charge in [0.2, 0.25) is 0 Å². The molecule has 2 aliphatic carbocycles. The van der Waals surface area contributed by atoms with Crippen LogP contribution >= 0.6 is 12.6 Å². The summed E-state index contributed by atoms with van der Waals surface area (Å²) < 4.78 is 0. The molecule has 0 bridgehead atoms. The second kappa shape index (κ2) is 12.2. The van der Waals surface area contributed by atoms with E-state index in [0.717, 1.165) is 35.8 Å². The van der Waals surface area contributed by atoms with Crippen molar-refractivity contribution in [1.82, 2.24) is 0 Å². The molecule has 5 unspecified atom stereocenters. The number of rotatable bonds is 16. The molecule has 0 aliphatic heterocycles. The quantitative estimate of drug-likeness (QED) is 0.196. The maximum absolute atomic E-state index is 10.9. The van der Waals surface area contributed by atoms with E-state index in [2.05, 4.69) is 40.3 Å². The lowest BCUT2D eigenvalue weighted by Crippen LogP contribution is -2.39. The summed E-state index contributed by atoms with van der Waals surface area (Å²) in [6.45, 7) is 9.49. The Labute approximate surface area is 182 Å². The maximum atomic E-state index is 10.9. The Kier molecular flexibility index (Phi) is 10.7. The van der Waals surface area contributed by atoms with E-state index in [-0.39, 0.29) is 5.60 Å². The van der Waals surface area contributed by atoms with E-state index < -0.39 is 0 Å². The largest absolute Gasteiger partial charge is 0.389 e. The number of unbranched alkanes of at least 4 members (excludes halogenated alkanes) is 4. The van der Waals surface area contributed by atoms with Crippen LogP contribution in [0.5, 0.6) is 0 Å². The van der Waals surface area contributed by atoms with Crippen molar-refractivity contribution in [3.05, 3.63) is 0 Å². The standard InChI is InChI=1S/C26H50OS/c1-5-12-25-19-26(25,27)22(4)24-17-23(18-24)21(3)15-9-7-6-8-13-20(2)14-10-11-16-28/h20-25,27-28H,5-19H2,1-4H3. The van der Waals surface area contributed by atoms with E-state index in [1.165, 1.54) is 83.5 Å². The summed E-state index contributed by atoms with van der Waals surface area (Å²) in [5, 5.41) is 10.9. The van der Waals surface area contributed by atoms with Crippen molar-refractivity contribution >= 4 is 12.6 Å². The monoisotopic (exact) mass is 410 g/mol. The lowest BCUT2D eigenvalue weighted by Gasteiger charge is -2.44. The first-order chi connectivity index (χ1) is 13.4. The molecule has 1 N–H and O–H groups in total. The summed E-state index contributed by atoms with van der Waals surface area (Å²) in [5.74, 6) is 5.72. The topological polar surface area (TPSA) is 20.2 Å². The fourth-order valence-electron chi connectivity index (χ4n) is 5.88. The van der Waals surface area contributed by atoms with Crippen LogP contribution in [-0.4, -0.2) is 16.5 Å². The van der Waals surface area contributed by atoms with Gasteiger partial charge in [-0.25, -0.2) is 0 Å². The van der Waals surface area contributed by atoms with E-state index >= 15 is 0 Å². The first kappa shape index (κ1) is 24.6. The zero-order valence-electron chi connectivity index (χ0n) is 19.5. The molecule has 0 aromatic heterocycles. The van der Waals surface area contributed by atoms with Gasteiger partial charge in [0.25, 0.3) is 0 Å². The fourth-order valence-corrected chi connectivity index (χ4v) is 6.10. The van der Waals surface area contributed by atoms with Crippen molar-refractivity contribution in [2.45, 2.75) is 123 Å². The van der Waals surface area contributed by atoms with Crippen molar-refractivity contribution in [3.63, 3.8) is 0 Å². The Balaban J connectivity index is 1.47. The molecule has 0 saturated heterocycles. The van der Waals surface area contributed by atoms with Crippen LogP contribution in [0.4, 0.5) is 0 Å². The van der Waals surface area contributed by atoms with Crippen LogP contribution in [-0.2, 0) is 0 Å². The van der Waals surface area contributed by atoms with Gasteiger partial charge in [-0.05, 0) is 73.4 Å². The molecule has 0 aromatic carbocycles. The highest BCUT2D eigenvalue weighted by Crippen LogP contribution is 2.58. The summed E-state index contributed by atoms with van der Waals surface area (Å²) >= 11 is 4.30. The number of aliphatic hydroxyl groups is 1. The van der Waals surface area contributed by atoms with Crippen LogP contribution in [0.2, 0.25) is 0 Å². The molecular formula is C26H50OS. The van der Waals surface area contributed by atoms with Crippen LogP contribution in [0.1, 0.15) is 118 Å². The van der Waals surface area contributed by atoms with Crippen LogP contribution in [0, 0.1) is 35.5 Å². The summed E-state index contributed by atoms with van der Waals surface area (Å²) in [4.78, 5) is 0. The molecule has 0 radical (unpaired) electrons. The summed E-state index contributed by atoms with van der Waals surface area (Å²) in [6, 6.07) is 0. The Morgan fingerprint density at radius 2 is 1.50 bits per heavy atom. The van der Waals surface area contributed by atoms with Crippen molar-refractivity contribution in [2.75, 3.05) is 5.75 Å². The molecule has 166 valence electrons. The van der Waals surface area contributed by atoms with Gasteiger partial charge < -0.3 is 5.11 Å². The van der Waals surface area contributed by atoms with Gasteiger partial charge in [0.05, 0.1) is 5.60 Å². The summed E-state index contributed by atoms with van der Waals surface area (Å²) in [6.07, 6.45) is 18.9. The average Bonchev–Trinajstić information content (AvgIpc) is 3.28. The molecule has 28 heavy (non-hydrogen) atoms. The van der Waals surface area contributed by atoms with Gasteiger partial charge in [-0.1, -0.05) is 85.5 Å². The maximum Gasteiger partial charge on any atom is 0.0708 e. The second-order valence-electron chi connectivity index (χ2n) is 10.8. The molecule has 1 nitrogen and oxygen atoms in total. The number of hydrogen-bond acceptors (Lipinski definition) is 2. The first-order valence-electron chi connectivity index (χ1n) is 12.8.